The molecule has 3 aromatic heterocycles. The van der Waals surface area contributed by atoms with Crippen LogP contribution in [-0.2, 0) is 24.3 Å². The van der Waals surface area contributed by atoms with E-state index in [0.29, 0.717) is 31.6 Å². The Kier molecular flexibility index (Phi) is 5.44. The van der Waals surface area contributed by atoms with Gasteiger partial charge in [-0.3, -0.25) is 19.6 Å². The number of aromatic amines is 1. The van der Waals surface area contributed by atoms with Crippen molar-refractivity contribution in [3.63, 3.8) is 0 Å². The maximum atomic E-state index is 13.2. The second-order valence-electron chi connectivity index (χ2n) is 8.66. The van der Waals surface area contributed by atoms with Gasteiger partial charge in [-0.15, -0.1) is 11.3 Å². The van der Waals surface area contributed by atoms with Crippen molar-refractivity contribution in [1.29, 1.82) is 0 Å². The molecule has 7 nitrogen and oxygen atoms in total. The Labute approximate surface area is 185 Å². The summed E-state index contributed by atoms with van der Waals surface area (Å²) in [5.74, 6) is 0.115. The first-order valence-electron chi connectivity index (χ1n) is 11.2. The quantitative estimate of drug-likeness (QED) is 0.676. The van der Waals surface area contributed by atoms with Crippen molar-refractivity contribution < 1.29 is 4.79 Å². The van der Waals surface area contributed by atoms with Gasteiger partial charge in [0, 0.05) is 40.9 Å². The Morgan fingerprint density at radius 2 is 2.16 bits per heavy atom. The molecule has 5 heterocycles. The Morgan fingerprint density at radius 3 is 2.94 bits per heavy atom. The molecule has 1 atom stereocenters. The topological polar surface area (TPSA) is 73.7 Å². The number of nitrogens with zero attached hydrogens (tertiary/aromatic N) is 4. The highest BCUT2D eigenvalue weighted by molar-refractivity contribution is 7.11. The number of rotatable bonds is 4. The fraction of sp³-hybridized carbons (Fsp3) is 0.522. The maximum absolute atomic E-state index is 13.2. The van der Waals surface area contributed by atoms with Crippen molar-refractivity contribution in [3.05, 3.63) is 55.3 Å². The average molecular weight is 440 g/mol. The van der Waals surface area contributed by atoms with Crippen molar-refractivity contribution in [1.82, 2.24) is 24.4 Å². The van der Waals surface area contributed by atoms with Gasteiger partial charge in [0.05, 0.1) is 24.0 Å². The summed E-state index contributed by atoms with van der Waals surface area (Å²) in [5.41, 5.74) is 3.17. The van der Waals surface area contributed by atoms with Crippen LogP contribution in [0.3, 0.4) is 0 Å². The van der Waals surface area contributed by atoms with Crippen LogP contribution in [-0.4, -0.2) is 43.4 Å². The van der Waals surface area contributed by atoms with E-state index in [0.717, 1.165) is 36.5 Å². The monoisotopic (exact) mass is 439 g/mol. The summed E-state index contributed by atoms with van der Waals surface area (Å²) in [6.07, 6.45) is 4.51. The summed E-state index contributed by atoms with van der Waals surface area (Å²) >= 11 is 1.86. The summed E-state index contributed by atoms with van der Waals surface area (Å²) in [6.45, 7) is 7.04. The Morgan fingerprint density at radius 1 is 1.29 bits per heavy atom. The van der Waals surface area contributed by atoms with Gasteiger partial charge in [0.2, 0.25) is 5.91 Å². The molecular formula is C23H29N5O2S. The number of piperidine rings is 1. The van der Waals surface area contributed by atoms with Gasteiger partial charge in [0.1, 0.15) is 0 Å². The van der Waals surface area contributed by atoms with E-state index in [1.165, 1.54) is 22.6 Å². The van der Waals surface area contributed by atoms with Gasteiger partial charge in [0.25, 0.3) is 5.56 Å². The molecule has 31 heavy (non-hydrogen) atoms. The highest BCUT2D eigenvalue weighted by Crippen LogP contribution is 2.33. The van der Waals surface area contributed by atoms with Crippen molar-refractivity contribution in [2.45, 2.75) is 65.1 Å². The van der Waals surface area contributed by atoms with Crippen LogP contribution in [0.4, 0.5) is 0 Å². The minimum Gasteiger partial charge on any atom is -0.336 e. The maximum Gasteiger partial charge on any atom is 0.276 e. The first-order chi connectivity index (χ1) is 15.0. The van der Waals surface area contributed by atoms with Crippen LogP contribution in [0.1, 0.15) is 65.4 Å². The van der Waals surface area contributed by atoms with E-state index < -0.39 is 0 Å². The van der Waals surface area contributed by atoms with Gasteiger partial charge in [0.15, 0.2) is 5.65 Å². The van der Waals surface area contributed by atoms with E-state index in [1.54, 1.807) is 4.52 Å². The van der Waals surface area contributed by atoms with Gasteiger partial charge < -0.3 is 4.90 Å². The van der Waals surface area contributed by atoms with Crippen LogP contribution in [0.25, 0.3) is 5.65 Å². The van der Waals surface area contributed by atoms with Crippen LogP contribution in [0, 0.1) is 6.92 Å². The van der Waals surface area contributed by atoms with Gasteiger partial charge >= 0.3 is 0 Å². The van der Waals surface area contributed by atoms with E-state index in [2.05, 4.69) is 29.1 Å². The molecule has 0 radical (unpaired) electrons. The molecule has 0 bridgehead atoms. The smallest absolute Gasteiger partial charge is 0.276 e. The van der Waals surface area contributed by atoms with Gasteiger partial charge in [-0.1, -0.05) is 13.3 Å². The first kappa shape index (κ1) is 20.5. The van der Waals surface area contributed by atoms with Crippen LogP contribution in [0.15, 0.2) is 23.0 Å². The number of carbonyl (C=O) groups is 1. The summed E-state index contributed by atoms with van der Waals surface area (Å²) in [5, 5.41) is 3.37. The van der Waals surface area contributed by atoms with Crippen LogP contribution in [0.5, 0.6) is 0 Å². The predicted octanol–water partition coefficient (Wildman–Crippen LogP) is 3.41. The van der Waals surface area contributed by atoms with E-state index in [4.69, 9.17) is 4.98 Å². The zero-order valence-electron chi connectivity index (χ0n) is 18.2. The molecule has 164 valence electrons. The van der Waals surface area contributed by atoms with E-state index >= 15 is 0 Å². The number of fused-ring (bicyclic) bond motifs is 2. The van der Waals surface area contributed by atoms with Gasteiger partial charge in [-0.2, -0.15) is 0 Å². The van der Waals surface area contributed by atoms with Crippen molar-refractivity contribution in [3.8, 4) is 0 Å². The lowest BCUT2D eigenvalue weighted by Gasteiger charge is -2.34. The summed E-state index contributed by atoms with van der Waals surface area (Å²) in [6, 6.07) is 6.70. The number of hydrogen-bond acceptors (Lipinski definition) is 5. The number of H-pyrrole nitrogens is 1. The number of aromatic nitrogens is 3. The van der Waals surface area contributed by atoms with E-state index in [-0.39, 0.29) is 17.5 Å². The number of aryl methyl sites for hydroxylation is 1. The lowest BCUT2D eigenvalue weighted by molar-refractivity contribution is -0.131. The van der Waals surface area contributed by atoms with Crippen LogP contribution < -0.4 is 5.56 Å². The number of carbonyl (C=O) groups excluding carboxylic acids is 1. The fourth-order valence-corrected chi connectivity index (χ4v) is 5.84. The van der Waals surface area contributed by atoms with Crippen molar-refractivity contribution in [2.75, 3.05) is 13.1 Å². The molecule has 5 rings (SSSR count). The largest absolute Gasteiger partial charge is 0.336 e. The third kappa shape index (κ3) is 3.83. The lowest BCUT2D eigenvalue weighted by atomic mass is 9.99. The van der Waals surface area contributed by atoms with Crippen LogP contribution >= 0.6 is 11.3 Å². The molecule has 0 saturated carbocycles. The first-order valence-corrected chi connectivity index (χ1v) is 12.1. The molecule has 1 fully saturated rings. The van der Waals surface area contributed by atoms with Gasteiger partial charge in [-0.05, 0) is 44.9 Å². The number of hydrogen-bond donors (Lipinski definition) is 1. The lowest BCUT2D eigenvalue weighted by Crippen LogP contribution is -2.39. The molecule has 0 spiro atoms. The van der Waals surface area contributed by atoms with Gasteiger partial charge in [-0.25, -0.2) is 9.50 Å². The summed E-state index contributed by atoms with van der Waals surface area (Å²) < 4.78 is 1.60. The average Bonchev–Trinajstić information content (AvgIpc) is 3.39. The molecule has 3 aromatic rings. The molecule has 1 saturated heterocycles. The molecule has 2 aliphatic rings. The standard InChI is InChI=1S/C23H29N5O2S/c1-3-22(29)27-11-9-17-19(14-27)24-21-12-18(25-28(21)23(17)30)20-6-4-5-10-26(20)13-16-8-7-15(2)31-16/h7-8,12,20,25H,3-6,9-11,13-14H2,1-2H3/t20-/m0/s1. The fourth-order valence-electron chi connectivity index (χ4n) is 4.92. The normalized spacial score (nSPS) is 19.7. The number of thiophene rings is 1. The van der Waals surface area contributed by atoms with E-state index in [9.17, 15) is 9.59 Å². The molecule has 0 unspecified atom stereocenters. The van der Waals surface area contributed by atoms with Crippen molar-refractivity contribution in [2.24, 2.45) is 0 Å². The number of nitrogens with one attached hydrogen (secondary N) is 1. The number of likely N-dealkylation sites (tertiary alicyclic amines) is 1. The Bertz CT molecular complexity index is 1180. The zero-order valence-corrected chi connectivity index (χ0v) is 19.0. The molecule has 0 aromatic carbocycles. The highest BCUT2D eigenvalue weighted by atomic mass is 32.1. The van der Waals surface area contributed by atoms with Crippen molar-refractivity contribution >= 4 is 22.9 Å². The van der Waals surface area contributed by atoms with E-state index in [1.807, 2.05) is 29.2 Å². The third-order valence-electron chi connectivity index (χ3n) is 6.57. The Hall–Kier alpha value is -2.45. The second-order valence-corrected chi connectivity index (χ2v) is 10.0. The molecule has 1 N–H and O–H groups in total. The molecular weight excluding hydrogens is 410 g/mol. The minimum atomic E-state index is -0.0221. The third-order valence-corrected chi connectivity index (χ3v) is 7.55. The van der Waals surface area contributed by atoms with Crippen LogP contribution in [0.2, 0.25) is 0 Å². The molecule has 0 aliphatic carbocycles. The SMILES string of the molecule is CCC(=O)N1CCc2c(nc3cc([C@@H]4CCCCN4Cc4ccc(C)s4)[nH]n3c2=O)C1. The molecule has 8 heteroatoms. The number of amides is 1. The summed E-state index contributed by atoms with van der Waals surface area (Å²) in [7, 11) is 0. The predicted molar refractivity (Wildman–Crippen MR) is 121 cm³/mol. The minimum absolute atomic E-state index is 0.0221. The molecule has 1 amide bonds. The summed E-state index contributed by atoms with van der Waals surface area (Å²) in [4.78, 5) is 37.1. The highest BCUT2D eigenvalue weighted by Gasteiger charge is 2.28. The molecule has 2 aliphatic heterocycles. The zero-order chi connectivity index (χ0) is 21.5. The second kappa shape index (κ2) is 8.24. The Balaban J connectivity index is 1.47.